The Bertz CT molecular complexity index is 1630. The summed E-state index contributed by atoms with van der Waals surface area (Å²) in [5.41, 5.74) is 13.6. The van der Waals surface area contributed by atoms with Crippen molar-refractivity contribution in [3.63, 3.8) is 0 Å². The van der Waals surface area contributed by atoms with Crippen molar-refractivity contribution < 1.29 is 18.3 Å². The van der Waals surface area contributed by atoms with Gasteiger partial charge in [-0.15, -0.1) is 24.8 Å². The molecule has 218 valence electrons. The van der Waals surface area contributed by atoms with E-state index in [9.17, 15) is 0 Å². The number of halogens is 2. The Labute approximate surface area is 262 Å². The summed E-state index contributed by atoms with van der Waals surface area (Å²) in [4.78, 5) is 0. The van der Waals surface area contributed by atoms with E-state index in [1.807, 2.05) is 0 Å². The van der Waals surface area contributed by atoms with Crippen LogP contribution in [0.2, 0.25) is 4.63 Å². The minimum atomic E-state index is -4.30. The minimum absolute atomic E-state index is 0. The van der Waals surface area contributed by atoms with Crippen molar-refractivity contribution in [3.05, 3.63) is 103 Å². The molecule has 1 saturated carbocycles. The second-order valence-corrected chi connectivity index (χ2v) is 27.9. The van der Waals surface area contributed by atoms with Crippen LogP contribution in [0, 0.1) is 39.0 Å². The summed E-state index contributed by atoms with van der Waals surface area (Å²) in [5.74, 6) is 0.427. The summed E-state index contributed by atoms with van der Waals surface area (Å²) < 4.78 is 13.0. The molecule has 3 aliphatic carbocycles. The fourth-order valence-corrected chi connectivity index (χ4v) is 23.7. The van der Waals surface area contributed by atoms with Gasteiger partial charge in [0.15, 0.2) is 0 Å². The van der Waals surface area contributed by atoms with Gasteiger partial charge in [0.25, 0.3) is 0 Å². The van der Waals surface area contributed by atoms with Crippen LogP contribution in [-0.4, -0.2) is 4.21 Å². The quantitative estimate of drug-likeness (QED) is 0.203. The van der Waals surface area contributed by atoms with Gasteiger partial charge >= 0.3 is 239 Å². The summed E-state index contributed by atoms with van der Waals surface area (Å²) in [6.45, 7) is 14.2. The molecular weight excluding hydrogens is 619 g/mol. The Balaban J connectivity index is 0.00000194. The molecule has 0 amide bonds. The Kier molecular flexibility index (Phi) is 8.84. The van der Waals surface area contributed by atoms with Crippen molar-refractivity contribution in [3.8, 4) is 11.1 Å². The van der Waals surface area contributed by atoms with Crippen molar-refractivity contribution in [2.45, 2.75) is 84.7 Å². The Hall–Kier alpha value is -1.53. The number of rotatable bonds is 4. The molecule has 0 radical (unpaired) electrons. The third-order valence-electron chi connectivity index (χ3n) is 11.2. The van der Waals surface area contributed by atoms with Gasteiger partial charge in [0.1, 0.15) is 0 Å². The molecule has 0 aromatic heterocycles. The molecule has 0 heterocycles. The zero-order valence-corrected chi connectivity index (χ0v) is 30.2. The van der Waals surface area contributed by atoms with Crippen LogP contribution >= 0.6 is 24.8 Å². The summed E-state index contributed by atoms with van der Waals surface area (Å²) in [6, 6.07) is 18.9. The monoisotopic (exact) mass is 664 g/mol. The molecule has 1 unspecified atom stereocenters. The topological polar surface area (TPSA) is 0 Å². The Morgan fingerprint density at radius 3 is 2.10 bits per heavy atom. The molecule has 3 aromatic carbocycles. The molecule has 3 aliphatic rings. The standard InChI is InChI=1S/C17H17.C13H19.C6H5.CH3.CH2.2ClH.Zr/c1-10-5-14-9-15-6-11(2)13(4)8-17(15)16(14)7-12(10)3;1-11-6-7-12(10-11)13(2)8-4-3-5-9-13;1-2-4-6-5-3-1;;;;;/h5,7-8H,9H2,1-4H3;7,10-11H,3-5,8-9H2,1-2H3;1-5H;1H3;1H2;2*1H;. The predicted molar refractivity (Wildman–Crippen MR) is 183 cm³/mol. The summed E-state index contributed by atoms with van der Waals surface area (Å²) in [6.07, 6.45) is 13.1. The molecule has 3 aromatic rings. The van der Waals surface area contributed by atoms with Gasteiger partial charge in [0.2, 0.25) is 0 Å². The van der Waals surface area contributed by atoms with E-state index in [-0.39, 0.29) is 24.8 Å². The molecule has 1 fully saturated rings. The number of aryl methyl sites for hydroxylation is 3. The third-order valence-corrected chi connectivity index (χ3v) is 26.2. The van der Waals surface area contributed by atoms with Gasteiger partial charge < -0.3 is 0 Å². The molecular formula is C38H48Cl2Zr. The van der Waals surface area contributed by atoms with Gasteiger partial charge in [0.05, 0.1) is 0 Å². The van der Waals surface area contributed by atoms with E-state index >= 15 is 0 Å². The number of fused-ring (bicyclic) bond motifs is 3. The Morgan fingerprint density at radius 2 is 1.44 bits per heavy atom. The van der Waals surface area contributed by atoms with Gasteiger partial charge in [-0.2, -0.15) is 0 Å². The van der Waals surface area contributed by atoms with Crippen LogP contribution in [0.5, 0.6) is 0 Å². The van der Waals surface area contributed by atoms with E-state index in [0.29, 0.717) is 11.3 Å². The van der Waals surface area contributed by atoms with E-state index in [2.05, 4.69) is 107 Å². The number of allylic oxidation sites excluding steroid dienone is 4. The third kappa shape index (κ3) is 4.87. The first kappa shape index (κ1) is 32.4. The molecule has 41 heavy (non-hydrogen) atoms. The first-order valence-corrected chi connectivity index (χ1v) is 23.1. The average molecular weight is 667 g/mol. The van der Waals surface area contributed by atoms with Crippen molar-refractivity contribution in [1.29, 1.82) is 0 Å². The first-order chi connectivity index (χ1) is 18.4. The van der Waals surface area contributed by atoms with Crippen LogP contribution < -0.4 is 6.54 Å². The molecule has 3 heteroatoms. The van der Waals surface area contributed by atoms with Crippen LogP contribution in [-0.2, 0) is 24.7 Å². The molecule has 0 N–H and O–H groups in total. The SMILES string of the molecule is Cl.Cl.[CH2]=[Zr]([CH3])([C]1=CC(C2(C)CCCCC2)=CC1C)([c]1ccccc1)[c]1c(C)c(C)cc2c1Cc1cc(C)c(C)cc1-2. The second-order valence-electron chi connectivity index (χ2n) is 14.0. The Morgan fingerprint density at radius 1 is 0.829 bits per heavy atom. The van der Waals surface area contributed by atoms with Crippen LogP contribution in [0.1, 0.15) is 79.3 Å². The second kappa shape index (κ2) is 11.2. The van der Waals surface area contributed by atoms with Gasteiger partial charge in [0, 0.05) is 0 Å². The summed E-state index contributed by atoms with van der Waals surface area (Å²) in [5, 5.41) is 0. The fourth-order valence-electron chi connectivity index (χ4n) is 8.63. The number of benzene rings is 3. The maximum absolute atomic E-state index is 5.56. The van der Waals surface area contributed by atoms with Crippen molar-refractivity contribution in [1.82, 2.24) is 0 Å². The van der Waals surface area contributed by atoms with Crippen molar-refractivity contribution >= 4 is 35.6 Å². The van der Waals surface area contributed by atoms with Gasteiger partial charge in [-0.3, -0.25) is 0 Å². The first-order valence-electron chi connectivity index (χ1n) is 15.2. The van der Waals surface area contributed by atoms with E-state index in [1.54, 1.807) is 17.7 Å². The molecule has 0 saturated heterocycles. The van der Waals surface area contributed by atoms with Gasteiger partial charge in [-0.05, 0) is 0 Å². The molecule has 0 spiro atoms. The van der Waals surface area contributed by atoms with Crippen LogP contribution in [0.4, 0.5) is 0 Å². The predicted octanol–water partition coefficient (Wildman–Crippen LogP) is 9.89. The van der Waals surface area contributed by atoms with Gasteiger partial charge in [-0.25, -0.2) is 0 Å². The average Bonchev–Trinajstić information content (AvgIpc) is 3.47. The van der Waals surface area contributed by atoms with E-state index in [1.165, 1.54) is 74.3 Å². The number of hydrogen-bond acceptors (Lipinski definition) is 0. The molecule has 0 aliphatic heterocycles. The van der Waals surface area contributed by atoms with Crippen molar-refractivity contribution in [2.24, 2.45) is 11.3 Å². The zero-order valence-electron chi connectivity index (χ0n) is 26.1. The normalized spacial score (nSPS) is 19.4. The summed E-state index contributed by atoms with van der Waals surface area (Å²) >= 11 is -4.30. The van der Waals surface area contributed by atoms with Crippen LogP contribution in [0.15, 0.2) is 69.5 Å². The summed E-state index contributed by atoms with van der Waals surface area (Å²) in [7, 11) is 0. The van der Waals surface area contributed by atoms with Crippen LogP contribution in [0.3, 0.4) is 0 Å². The van der Waals surface area contributed by atoms with E-state index in [0.717, 1.165) is 6.42 Å². The van der Waals surface area contributed by atoms with Gasteiger partial charge in [-0.1, -0.05) is 0 Å². The molecule has 0 bridgehead atoms. The van der Waals surface area contributed by atoms with E-state index in [4.69, 9.17) is 4.21 Å². The molecule has 0 nitrogen and oxygen atoms in total. The van der Waals surface area contributed by atoms with E-state index < -0.39 is 18.3 Å². The zero-order chi connectivity index (χ0) is 27.8. The molecule has 1 atom stereocenters. The van der Waals surface area contributed by atoms with Crippen LogP contribution in [0.25, 0.3) is 11.1 Å². The number of hydrogen-bond donors (Lipinski definition) is 0. The molecule has 6 rings (SSSR count). The van der Waals surface area contributed by atoms with Crippen molar-refractivity contribution in [2.75, 3.05) is 0 Å². The fraction of sp³-hybridized carbons (Fsp3) is 0.395. The maximum atomic E-state index is 5.56.